The lowest BCUT2D eigenvalue weighted by Gasteiger charge is -2.21. The maximum absolute atomic E-state index is 12.0. The van der Waals surface area contributed by atoms with Gasteiger partial charge in [-0.1, -0.05) is 24.3 Å². The molecule has 1 amide bonds. The van der Waals surface area contributed by atoms with Gasteiger partial charge in [0.05, 0.1) is 6.54 Å². The van der Waals surface area contributed by atoms with Crippen LogP contribution in [0.5, 0.6) is 5.75 Å². The minimum Gasteiger partial charge on any atom is -0.484 e. The van der Waals surface area contributed by atoms with Gasteiger partial charge in [0.1, 0.15) is 5.75 Å². The van der Waals surface area contributed by atoms with Crippen LogP contribution in [0.4, 0.5) is 5.69 Å². The molecule has 6 nitrogen and oxygen atoms in total. The first-order valence-electron chi connectivity index (χ1n) is 9.63. The predicted octanol–water partition coefficient (Wildman–Crippen LogP) is 3.32. The average Bonchev–Trinajstić information content (AvgIpc) is 3.21. The van der Waals surface area contributed by atoms with Gasteiger partial charge in [0.15, 0.2) is 12.6 Å². The Hall–Kier alpha value is -2.73. The van der Waals surface area contributed by atoms with Crippen LogP contribution in [0.15, 0.2) is 53.5 Å². The monoisotopic (exact) mass is 416 g/mol. The molecule has 0 unspecified atom stereocenters. The van der Waals surface area contributed by atoms with Gasteiger partial charge in [-0.15, -0.1) is 12.4 Å². The number of carbonyl (C=O) groups is 1. The highest BCUT2D eigenvalue weighted by Crippen LogP contribution is 2.17. The molecule has 1 aliphatic rings. The second kappa shape index (κ2) is 10.7. The Bertz CT molecular complexity index is 820. The first-order chi connectivity index (χ1) is 13.5. The highest BCUT2D eigenvalue weighted by Gasteiger charge is 2.12. The second-order valence-electron chi connectivity index (χ2n) is 7.19. The molecule has 29 heavy (non-hydrogen) atoms. The molecule has 2 N–H and O–H groups in total. The highest BCUT2D eigenvalue weighted by molar-refractivity contribution is 5.94. The summed E-state index contributed by atoms with van der Waals surface area (Å²) in [4.78, 5) is 18.0. The van der Waals surface area contributed by atoms with Gasteiger partial charge in [-0.2, -0.15) is 0 Å². The summed E-state index contributed by atoms with van der Waals surface area (Å²) < 4.78 is 5.61. The Kier molecular flexibility index (Phi) is 8.34. The van der Waals surface area contributed by atoms with Crippen molar-refractivity contribution in [2.45, 2.75) is 26.3 Å². The van der Waals surface area contributed by atoms with E-state index in [0.717, 1.165) is 31.2 Å². The summed E-state index contributed by atoms with van der Waals surface area (Å²) >= 11 is 0. The van der Waals surface area contributed by atoms with Crippen LogP contribution in [-0.4, -0.2) is 49.6 Å². The number of likely N-dealkylation sites (N-methyl/N-ethyl adjacent to an activating group) is 1. The molecular formula is C22H29ClN4O2. The van der Waals surface area contributed by atoms with Gasteiger partial charge in [0.2, 0.25) is 0 Å². The summed E-state index contributed by atoms with van der Waals surface area (Å²) in [6, 6.07) is 16.4. The van der Waals surface area contributed by atoms with Crippen LogP contribution in [0.3, 0.4) is 0 Å². The molecule has 7 heteroatoms. The third kappa shape index (κ3) is 6.68. The largest absolute Gasteiger partial charge is 0.484 e. The lowest BCUT2D eigenvalue weighted by atomic mass is 10.0. The summed E-state index contributed by atoms with van der Waals surface area (Å²) in [5.41, 5.74) is 3.45. The quantitative estimate of drug-likeness (QED) is 0.726. The van der Waals surface area contributed by atoms with Crippen molar-refractivity contribution < 1.29 is 9.53 Å². The van der Waals surface area contributed by atoms with Crippen LogP contribution in [-0.2, 0) is 11.2 Å². The number of benzene rings is 2. The molecule has 0 spiro atoms. The fraction of sp³-hybridized carbons (Fsp3) is 0.364. The number of ether oxygens (including phenoxy) is 1. The Balaban J connectivity index is 0.00000300. The van der Waals surface area contributed by atoms with Crippen LogP contribution in [0.25, 0.3) is 0 Å². The standard InChI is InChI=1S/C22H28N4O2.ClH/c1-16(2)26(3)21(27)15-28-20-10-6-18(7-11-20)14-17-4-8-19(9-5-17)25-22-23-12-13-24-22;/h4-11,16H,12-15H2,1-3H3,(H2,23,24,25);1H. The number of halogens is 1. The number of anilines is 1. The van der Waals surface area contributed by atoms with Crippen molar-refractivity contribution in [1.82, 2.24) is 10.2 Å². The Morgan fingerprint density at radius 3 is 2.31 bits per heavy atom. The van der Waals surface area contributed by atoms with E-state index in [9.17, 15) is 4.79 Å². The number of amides is 1. The van der Waals surface area contributed by atoms with Gasteiger partial charge >= 0.3 is 0 Å². The van der Waals surface area contributed by atoms with Gasteiger partial charge < -0.3 is 20.3 Å². The van der Waals surface area contributed by atoms with E-state index in [0.29, 0.717) is 5.75 Å². The fourth-order valence-electron chi connectivity index (χ4n) is 2.80. The van der Waals surface area contributed by atoms with E-state index >= 15 is 0 Å². The third-order valence-corrected chi connectivity index (χ3v) is 4.75. The number of hydrogen-bond acceptors (Lipinski definition) is 5. The molecule has 0 radical (unpaired) electrons. The number of guanidine groups is 1. The van der Waals surface area contributed by atoms with Crippen LogP contribution in [0.1, 0.15) is 25.0 Å². The van der Waals surface area contributed by atoms with E-state index < -0.39 is 0 Å². The molecule has 0 bridgehead atoms. The molecule has 0 saturated heterocycles. The van der Waals surface area contributed by atoms with Crippen LogP contribution < -0.4 is 15.4 Å². The lowest BCUT2D eigenvalue weighted by molar-refractivity contribution is -0.133. The van der Waals surface area contributed by atoms with Crippen molar-refractivity contribution in [1.29, 1.82) is 0 Å². The zero-order valence-corrected chi connectivity index (χ0v) is 18.0. The van der Waals surface area contributed by atoms with E-state index in [-0.39, 0.29) is 31.0 Å². The molecule has 156 valence electrons. The Labute approximate surface area is 178 Å². The molecule has 1 heterocycles. The number of nitrogens with one attached hydrogen (secondary N) is 2. The van der Waals surface area contributed by atoms with Crippen molar-refractivity contribution in [3.63, 3.8) is 0 Å². The van der Waals surface area contributed by atoms with Crippen LogP contribution in [0.2, 0.25) is 0 Å². The summed E-state index contributed by atoms with van der Waals surface area (Å²) in [5.74, 6) is 1.52. The fourth-order valence-corrected chi connectivity index (χ4v) is 2.80. The zero-order valence-electron chi connectivity index (χ0n) is 17.1. The van der Waals surface area contributed by atoms with Crippen molar-refractivity contribution in [3.8, 4) is 5.75 Å². The second-order valence-corrected chi connectivity index (χ2v) is 7.19. The number of rotatable bonds is 7. The SMILES string of the molecule is CC(C)N(C)C(=O)COc1ccc(Cc2ccc(NC3=NCCN3)cc2)cc1.Cl. The zero-order chi connectivity index (χ0) is 19.9. The number of aliphatic imine (C=N–C) groups is 1. The third-order valence-electron chi connectivity index (χ3n) is 4.75. The summed E-state index contributed by atoms with van der Waals surface area (Å²) in [6.07, 6.45) is 0.842. The van der Waals surface area contributed by atoms with Crippen LogP contribution in [0, 0.1) is 0 Å². The molecule has 0 aromatic heterocycles. The van der Waals surface area contributed by atoms with Gasteiger partial charge in [0.25, 0.3) is 5.91 Å². The number of carbonyl (C=O) groups excluding carboxylic acids is 1. The molecular weight excluding hydrogens is 388 g/mol. The van der Waals surface area contributed by atoms with Gasteiger partial charge in [-0.05, 0) is 55.7 Å². The Morgan fingerprint density at radius 1 is 1.14 bits per heavy atom. The van der Waals surface area contributed by atoms with Crippen molar-refractivity contribution >= 4 is 30.0 Å². The average molecular weight is 417 g/mol. The normalized spacial score (nSPS) is 12.6. The molecule has 2 aromatic carbocycles. The van der Waals surface area contributed by atoms with E-state index in [1.54, 1.807) is 11.9 Å². The van der Waals surface area contributed by atoms with Gasteiger partial charge in [-0.3, -0.25) is 9.79 Å². The number of nitrogens with zero attached hydrogens (tertiary/aromatic N) is 2. The smallest absolute Gasteiger partial charge is 0.260 e. The lowest BCUT2D eigenvalue weighted by Crippen LogP contribution is -2.36. The summed E-state index contributed by atoms with van der Waals surface area (Å²) in [5, 5.41) is 6.47. The van der Waals surface area contributed by atoms with Crippen molar-refractivity contribution in [3.05, 3.63) is 59.7 Å². The van der Waals surface area contributed by atoms with Crippen molar-refractivity contribution in [2.24, 2.45) is 4.99 Å². The molecule has 1 aliphatic heterocycles. The van der Waals surface area contributed by atoms with Gasteiger partial charge in [0, 0.05) is 25.3 Å². The maximum Gasteiger partial charge on any atom is 0.260 e. The first-order valence-corrected chi connectivity index (χ1v) is 9.63. The topological polar surface area (TPSA) is 66.0 Å². The first kappa shape index (κ1) is 22.6. The van der Waals surface area contributed by atoms with E-state index in [2.05, 4.69) is 39.9 Å². The minimum absolute atomic E-state index is 0. The summed E-state index contributed by atoms with van der Waals surface area (Å²) in [7, 11) is 1.79. The molecule has 0 fully saturated rings. The molecule has 0 atom stereocenters. The van der Waals surface area contributed by atoms with E-state index in [4.69, 9.17) is 4.74 Å². The van der Waals surface area contributed by atoms with E-state index in [1.807, 2.05) is 38.1 Å². The van der Waals surface area contributed by atoms with Crippen LogP contribution >= 0.6 is 12.4 Å². The molecule has 3 rings (SSSR count). The Morgan fingerprint density at radius 2 is 1.76 bits per heavy atom. The molecule has 0 saturated carbocycles. The predicted molar refractivity (Wildman–Crippen MR) is 120 cm³/mol. The van der Waals surface area contributed by atoms with Crippen molar-refractivity contribution in [2.75, 3.05) is 32.1 Å². The molecule has 2 aromatic rings. The highest BCUT2D eigenvalue weighted by atomic mass is 35.5. The summed E-state index contributed by atoms with van der Waals surface area (Å²) in [6.45, 7) is 5.73. The molecule has 0 aliphatic carbocycles. The van der Waals surface area contributed by atoms with Gasteiger partial charge in [-0.25, -0.2) is 0 Å². The minimum atomic E-state index is -0.0217. The number of hydrogen-bond donors (Lipinski definition) is 2. The van der Waals surface area contributed by atoms with E-state index in [1.165, 1.54) is 11.1 Å². The maximum atomic E-state index is 12.0.